The van der Waals surface area contributed by atoms with Crippen LogP contribution in [0.25, 0.3) is 91.8 Å². The van der Waals surface area contributed by atoms with E-state index in [1.165, 1.54) is 103 Å². The summed E-state index contributed by atoms with van der Waals surface area (Å²) in [4.78, 5) is 0. The summed E-state index contributed by atoms with van der Waals surface area (Å²) in [5.41, 5.74) is 14.6. The Kier molecular flexibility index (Phi) is 8.50. The van der Waals surface area contributed by atoms with E-state index >= 15 is 0 Å². The van der Waals surface area contributed by atoms with Crippen molar-refractivity contribution in [1.82, 2.24) is 4.57 Å². The van der Waals surface area contributed by atoms with Gasteiger partial charge in [-0.3, -0.25) is 0 Å². The van der Waals surface area contributed by atoms with Crippen LogP contribution in [0.2, 0.25) is 0 Å². The third kappa shape index (κ3) is 6.07. The van der Waals surface area contributed by atoms with Gasteiger partial charge in [0.15, 0.2) is 0 Å². The molecule has 12 aromatic rings. The molecular formula is C59H39NS. The predicted molar refractivity (Wildman–Crippen MR) is 261 cm³/mol. The molecule has 0 aliphatic carbocycles. The first-order chi connectivity index (χ1) is 30.2. The Morgan fingerprint density at radius 2 is 0.902 bits per heavy atom. The van der Waals surface area contributed by atoms with Crippen molar-refractivity contribution in [3.63, 3.8) is 0 Å². The molecule has 1 atom stereocenters. The summed E-state index contributed by atoms with van der Waals surface area (Å²) in [6.07, 6.45) is 0. The highest BCUT2D eigenvalue weighted by atomic mass is 32.1. The molecule has 0 saturated carbocycles. The van der Waals surface area contributed by atoms with Crippen LogP contribution < -0.4 is 0 Å². The average Bonchev–Trinajstić information content (AvgIpc) is 3.86. The fraction of sp³-hybridized carbons (Fsp3) is 0.0169. The van der Waals surface area contributed by atoms with Gasteiger partial charge in [-0.15, -0.1) is 11.3 Å². The minimum Gasteiger partial charge on any atom is -0.309 e. The fourth-order valence-corrected chi connectivity index (χ4v) is 10.7. The summed E-state index contributed by atoms with van der Waals surface area (Å²) in [7, 11) is 0. The maximum absolute atomic E-state index is 2.48. The molecule has 0 bridgehead atoms. The van der Waals surface area contributed by atoms with Gasteiger partial charge in [0, 0.05) is 42.4 Å². The molecule has 0 N–H and O–H groups in total. The highest BCUT2D eigenvalue weighted by Gasteiger charge is 2.23. The monoisotopic (exact) mass is 793 g/mol. The molecule has 12 rings (SSSR count). The summed E-state index contributed by atoms with van der Waals surface area (Å²) < 4.78 is 5.12. The van der Waals surface area contributed by atoms with E-state index in [1.54, 1.807) is 0 Å². The third-order valence-electron chi connectivity index (χ3n) is 12.5. The molecule has 1 unspecified atom stereocenters. The molecule has 0 fully saturated rings. The fourth-order valence-electron chi connectivity index (χ4n) is 9.64. The number of nitrogens with zero attached hydrogens (tertiary/aromatic N) is 1. The second-order valence-electron chi connectivity index (χ2n) is 16.0. The standard InChI is InChI=1S/C59H39NS/c1-3-15-39(16-4-1)40-27-29-42(30-28-40)59(46-32-34-58-53(37-46)50-23-11-14-26-57(50)61-58)45-31-33-47(51(36-45)41-17-5-2-6-18-41)48-21-9-12-24-54(48)60-55-25-13-10-22-49(55)52-35-43-19-7-8-20-44(43)38-56(52)60/h1-38,59H. The summed E-state index contributed by atoms with van der Waals surface area (Å²) in [5, 5.41) is 7.65. The third-order valence-corrected chi connectivity index (χ3v) is 13.7. The lowest BCUT2D eigenvalue weighted by atomic mass is 9.81. The van der Waals surface area contributed by atoms with Crippen molar-refractivity contribution in [1.29, 1.82) is 0 Å². The van der Waals surface area contributed by atoms with E-state index in [4.69, 9.17) is 0 Å². The van der Waals surface area contributed by atoms with Crippen LogP contribution in [0.3, 0.4) is 0 Å². The summed E-state index contributed by atoms with van der Waals surface area (Å²) in [6, 6.07) is 85.2. The van der Waals surface area contributed by atoms with Crippen LogP contribution >= 0.6 is 11.3 Å². The van der Waals surface area contributed by atoms with E-state index in [-0.39, 0.29) is 5.92 Å². The smallest absolute Gasteiger partial charge is 0.0547 e. The van der Waals surface area contributed by atoms with Crippen molar-refractivity contribution in [2.45, 2.75) is 5.92 Å². The maximum atomic E-state index is 2.48. The number of benzene rings is 10. The van der Waals surface area contributed by atoms with E-state index in [1.807, 2.05) is 11.3 Å². The van der Waals surface area contributed by atoms with E-state index in [0.717, 1.165) is 5.69 Å². The number of aromatic nitrogens is 1. The first-order valence-corrected chi connectivity index (χ1v) is 21.8. The minimum atomic E-state index is 0.00487. The molecule has 0 aliphatic heterocycles. The maximum Gasteiger partial charge on any atom is 0.0547 e. The number of rotatable bonds is 7. The second-order valence-corrected chi connectivity index (χ2v) is 17.1. The molecule has 0 spiro atoms. The van der Waals surface area contributed by atoms with Crippen molar-refractivity contribution in [3.8, 4) is 39.1 Å². The van der Waals surface area contributed by atoms with Gasteiger partial charge in [-0.25, -0.2) is 0 Å². The Labute approximate surface area is 359 Å². The van der Waals surface area contributed by atoms with Crippen LogP contribution in [0.4, 0.5) is 0 Å². The van der Waals surface area contributed by atoms with E-state index in [0.29, 0.717) is 0 Å². The van der Waals surface area contributed by atoms with Gasteiger partial charge < -0.3 is 4.57 Å². The van der Waals surface area contributed by atoms with E-state index < -0.39 is 0 Å². The Balaban J connectivity index is 1.08. The number of hydrogen-bond donors (Lipinski definition) is 0. The summed E-state index contributed by atoms with van der Waals surface area (Å²) >= 11 is 1.87. The SMILES string of the molecule is c1ccc(-c2ccc(C(c3ccc(-c4ccccc4-n4c5ccccc5c5cc6ccccc6cc54)c(-c4ccccc4)c3)c3ccc4sc5ccccc5c4c3)cc2)cc1. The number of hydrogen-bond acceptors (Lipinski definition) is 1. The van der Waals surface area contributed by atoms with Gasteiger partial charge in [0.25, 0.3) is 0 Å². The van der Waals surface area contributed by atoms with Crippen molar-refractivity contribution >= 4 is 64.1 Å². The van der Waals surface area contributed by atoms with Gasteiger partial charge in [0.05, 0.1) is 16.7 Å². The lowest BCUT2D eigenvalue weighted by Gasteiger charge is -2.23. The van der Waals surface area contributed by atoms with Gasteiger partial charge in [-0.05, 0) is 104 Å². The van der Waals surface area contributed by atoms with Gasteiger partial charge in [0.2, 0.25) is 0 Å². The largest absolute Gasteiger partial charge is 0.309 e. The Bertz CT molecular complexity index is 3580. The van der Waals surface area contributed by atoms with Crippen LogP contribution in [0.1, 0.15) is 22.6 Å². The summed E-state index contributed by atoms with van der Waals surface area (Å²) in [5.74, 6) is 0.00487. The molecule has 286 valence electrons. The van der Waals surface area contributed by atoms with Crippen LogP contribution in [0, 0.1) is 0 Å². The molecule has 0 aliphatic rings. The minimum absolute atomic E-state index is 0.00487. The molecular weight excluding hydrogens is 755 g/mol. The van der Waals surface area contributed by atoms with Crippen LogP contribution in [0.15, 0.2) is 231 Å². The molecule has 1 nitrogen and oxygen atoms in total. The lowest BCUT2D eigenvalue weighted by molar-refractivity contribution is 0.981. The highest BCUT2D eigenvalue weighted by molar-refractivity contribution is 7.25. The number of para-hydroxylation sites is 2. The predicted octanol–water partition coefficient (Wildman–Crippen LogP) is 16.5. The van der Waals surface area contributed by atoms with Crippen LogP contribution in [-0.4, -0.2) is 4.57 Å². The number of fused-ring (bicyclic) bond motifs is 7. The Morgan fingerprint density at radius 3 is 1.72 bits per heavy atom. The highest BCUT2D eigenvalue weighted by Crippen LogP contribution is 2.44. The van der Waals surface area contributed by atoms with Crippen LogP contribution in [-0.2, 0) is 0 Å². The molecule has 2 aromatic heterocycles. The first kappa shape index (κ1) is 35.4. The van der Waals surface area contributed by atoms with Gasteiger partial charge in [-0.1, -0.05) is 182 Å². The molecule has 0 radical (unpaired) electrons. The average molecular weight is 794 g/mol. The lowest BCUT2D eigenvalue weighted by Crippen LogP contribution is -2.05. The van der Waals surface area contributed by atoms with Crippen molar-refractivity contribution in [3.05, 3.63) is 247 Å². The topological polar surface area (TPSA) is 4.93 Å². The van der Waals surface area contributed by atoms with E-state index in [9.17, 15) is 0 Å². The second kappa shape index (κ2) is 14.6. The van der Waals surface area contributed by atoms with Gasteiger partial charge in [0.1, 0.15) is 0 Å². The van der Waals surface area contributed by atoms with E-state index in [2.05, 4.69) is 235 Å². The Morgan fingerprint density at radius 1 is 0.311 bits per heavy atom. The van der Waals surface area contributed by atoms with Crippen molar-refractivity contribution in [2.75, 3.05) is 0 Å². The molecule has 2 heteroatoms. The molecule has 61 heavy (non-hydrogen) atoms. The normalized spacial score (nSPS) is 12.2. The zero-order chi connectivity index (χ0) is 40.3. The molecule has 0 saturated heterocycles. The Hall–Kier alpha value is -7.52. The number of thiophene rings is 1. The van der Waals surface area contributed by atoms with Crippen LogP contribution in [0.5, 0.6) is 0 Å². The molecule has 10 aromatic carbocycles. The quantitative estimate of drug-likeness (QED) is 0.142. The first-order valence-electron chi connectivity index (χ1n) is 21.0. The zero-order valence-electron chi connectivity index (χ0n) is 33.4. The van der Waals surface area contributed by atoms with Gasteiger partial charge in [-0.2, -0.15) is 0 Å². The molecule has 0 amide bonds. The van der Waals surface area contributed by atoms with Gasteiger partial charge >= 0.3 is 0 Å². The zero-order valence-corrected chi connectivity index (χ0v) is 34.2. The van der Waals surface area contributed by atoms with Crippen molar-refractivity contribution in [2.24, 2.45) is 0 Å². The summed E-state index contributed by atoms with van der Waals surface area (Å²) in [6.45, 7) is 0. The molecule has 2 heterocycles. The van der Waals surface area contributed by atoms with Crippen molar-refractivity contribution < 1.29 is 0 Å².